The monoisotopic (exact) mass is 1970 g/mol. The summed E-state index contributed by atoms with van der Waals surface area (Å²) in [6.07, 6.45) is 42.9. The van der Waals surface area contributed by atoms with Crippen LogP contribution >= 0.6 is 0 Å². The number of carbonyl (C=O) groups is 3. The number of hydrogen-bond donors (Lipinski definition) is 0. The van der Waals surface area contributed by atoms with Gasteiger partial charge >= 0.3 is 0 Å². The predicted octanol–water partition coefficient (Wildman–Crippen LogP) is 42.0. The first kappa shape index (κ1) is 151. The van der Waals surface area contributed by atoms with Gasteiger partial charge in [-0.05, 0) is 298 Å². The van der Waals surface area contributed by atoms with Crippen molar-refractivity contribution in [3.63, 3.8) is 0 Å². The number of rotatable bonds is 57. The fourth-order valence-electron chi connectivity index (χ4n) is 17.5. The molecule has 0 bridgehead atoms. The number of ether oxygens (including phenoxy) is 3. The van der Waals surface area contributed by atoms with Crippen LogP contribution in [0.3, 0.4) is 0 Å². The molecule has 0 aromatic carbocycles. The molecule has 8 heteroatoms. The maximum Gasteiger partial charge on any atom is 0.132 e. The van der Waals surface area contributed by atoms with Gasteiger partial charge in [0.05, 0.1) is 24.9 Å². The van der Waals surface area contributed by atoms with Crippen LogP contribution in [-0.2, 0) is 28.6 Å². The Bertz CT molecular complexity index is 2740. The maximum absolute atomic E-state index is 11.9. The first-order valence-electron chi connectivity index (χ1n) is 58.7. The lowest BCUT2D eigenvalue weighted by molar-refractivity contribution is -0.120. The Morgan fingerprint density at radius 1 is 0.230 bits per heavy atom. The van der Waals surface area contributed by atoms with Gasteiger partial charge in [0.15, 0.2) is 0 Å². The summed E-state index contributed by atoms with van der Waals surface area (Å²) < 4.78 is 17.6. The zero-order valence-corrected chi connectivity index (χ0v) is 108. The summed E-state index contributed by atoms with van der Waals surface area (Å²) in [6, 6.07) is 0. The van der Waals surface area contributed by atoms with Crippen LogP contribution in [-0.4, -0.2) is 106 Å². The minimum atomic E-state index is 0.0390. The molecule has 12 unspecified atom stereocenters. The molecule has 0 fully saturated rings. The smallest absolute Gasteiger partial charge is 0.132 e. The van der Waals surface area contributed by atoms with Crippen LogP contribution in [0.15, 0.2) is 0 Å². The fourth-order valence-corrected chi connectivity index (χ4v) is 17.5. The van der Waals surface area contributed by atoms with E-state index in [0.29, 0.717) is 96.4 Å². The lowest BCUT2D eigenvalue weighted by Crippen LogP contribution is -2.34. The van der Waals surface area contributed by atoms with Gasteiger partial charge < -0.3 is 24.0 Å². The van der Waals surface area contributed by atoms with E-state index in [0.717, 1.165) is 132 Å². The minimum Gasteiger partial charge on any atom is -0.381 e. The quantitative estimate of drug-likeness (QED) is 0.0557. The standard InChI is InChI=1S/C19H41NO.C19H41N.3C19H38O.2C18H38O/c1-16(17(21-9)19(5,6)7)13-11-10-12-14-20(8)15-18(2,3)4;1-16(17(2)19(6,7)8)13-11-10-12-14-20(9)15-18(3,4)5;3*1-15(16(2)11-13-18(3,4)5)9-10-17(20)12-14-19(6,7)8;1-15(11-9-10-12-17(3,4)5)16(2)13-19-14-18(6,7)8;1-16(2,3)13-11-9-10-12-14-18(7,8)19-15-17(4,5)6/h16-17H,10-15H2,1-9H3;16-17H,10-15H2,1-9H3;3*15-16H,9-14H2,1-8H3;15-16H,9-14H2,1-8H3;9-15H2,1-8H3. The first-order chi connectivity index (χ1) is 62.0. The zero-order valence-electron chi connectivity index (χ0n) is 108. The lowest BCUT2D eigenvalue weighted by Gasteiger charge is -2.34. The molecule has 0 N–H and O–H groups in total. The van der Waals surface area contributed by atoms with Crippen LogP contribution in [0.2, 0.25) is 0 Å². The Morgan fingerprint density at radius 2 is 0.482 bits per heavy atom. The molecule has 842 valence electrons. The van der Waals surface area contributed by atoms with Gasteiger partial charge in [0.2, 0.25) is 0 Å². The molecule has 0 saturated heterocycles. The van der Waals surface area contributed by atoms with Gasteiger partial charge in [-0.2, -0.15) is 0 Å². The molecule has 8 nitrogen and oxygen atoms in total. The molecule has 0 spiro atoms. The normalized spacial score (nSPS) is 15.9. The van der Waals surface area contributed by atoms with Gasteiger partial charge in [-0.15, -0.1) is 0 Å². The summed E-state index contributed by atoms with van der Waals surface area (Å²) in [6.45, 7) is 134. The third-order valence-corrected chi connectivity index (χ3v) is 28.9. The van der Waals surface area contributed by atoms with Crippen LogP contribution < -0.4 is 0 Å². The molecule has 0 saturated carbocycles. The van der Waals surface area contributed by atoms with Crippen molar-refractivity contribution < 1.29 is 28.6 Å². The Balaban J connectivity index is -0.000000293. The predicted molar refractivity (Wildman–Crippen MR) is 631 cm³/mol. The van der Waals surface area contributed by atoms with Crippen LogP contribution in [0.1, 0.15) is 612 Å². The molecule has 12 atom stereocenters. The second kappa shape index (κ2) is 73.1. The van der Waals surface area contributed by atoms with Gasteiger partial charge in [0.1, 0.15) is 17.3 Å². The maximum atomic E-state index is 11.9. The highest BCUT2D eigenvalue weighted by Gasteiger charge is 2.32. The van der Waals surface area contributed by atoms with Crippen molar-refractivity contribution in [1.82, 2.24) is 9.80 Å². The van der Waals surface area contributed by atoms with Gasteiger partial charge in [-0.1, -0.05) is 444 Å². The Morgan fingerprint density at radius 3 is 0.748 bits per heavy atom. The second-order valence-electron chi connectivity index (χ2n) is 63.9. The minimum absolute atomic E-state index is 0.0390. The Kier molecular flexibility index (Phi) is 79.3. The van der Waals surface area contributed by atoms with E-state index in [1.54, 1.807) is 0 Å². The van der Waals surface area contributed by atoms with Crippen LogP contribution in [0.25, 0.3) is 0 Å². The molecule has 139 heavy (non-hydrogen) atoms. The highest BCUT2D eigenvalue weighted by molar-refractivity contribution is 5.79. The number of unbranched alkanes of at least 4 members (excludes halogenated alkanes) is 8. The van der Waals surface area contributed by atoms with Gasteiger partial charge in [0, 0.05) is 65.3 Å². The average molecular weight is 1970 g/mol. The second-order valence-corrected chi connectivity index (χ2v) is 63.9. The number of ketones is 3. The Labute approximate surface area is 882 Å². The molecule has 0 amide bonds. The van der Waals surface area contributed by atoms with E-state index >= 15 is 0 Å². The number of carbonyl (C=O) groups excluding carboxylic acids is 3. The fraction of sp³-hybridized carbons (Fsp3) is 0.977. The third-order valence-electron chi connectivity index (χ3n) is 28.9. The van der Waals surface area contributed by atoms with Crippen molar-refractivity contribution in [3.05, 3.63) is 0 Å². The van der Waals surface area contributed by atoms with Crippen molar-refractivity contribution in [1.29, 1.82) is 0 Å². The number of nitrogens with zero attached hydrogens (tertiary/aromatic N) is 2. The number of methoxy groups -OCH3 is 1. The summed E-state index contributed by atoms with van der Waals surface area (Å²) in [5, 5.41) is 0. The van der Waals surface area contributed by atoms with Crippen LogP contribution in [0.4, 0.5) is 0 Å². The van der Waals surface area contributed by atoms with E-state index in [1.165, 1.54) is 180 Å². The van der Waals surface area contributed by atoms with Crippen molar-refractivity contribution >= 4 is 17.3 Å². The average Bonchev–Trinajstić information content (AvgIpc) is 0.894. The molecular weight excluding hydrogens is 1700 g/mol. The van der Waals surface area contributed by atoms with Crippen LogP contribution in [0.5, 0.6) is 0 Å². The summed E-state index contributed by atoms with van der Waals surface area (Å²) in [4.78, 5) is 40.8. The Hall–Kier alpha value is -1.19. The van der Waals surface area contributed by atoms with Crippen LogP contribution in [0, 0.1) is 141 Å². The highest BCUT2D eigenvalue weighted by Crippen LogP contribution is 2.39. The molecule has 0 heterocycles. The van der Waals surface area contributed by atoms with Crippen molar-refractivity contribution in [3.8, 4) is 0 Å². The van der Waals surface area contributed by atoms with E-state index < -0.39 is 0 Å². The SMILES string of the molecule is CC(C)(C)CCCCCCC(C)(C)OCC(C)(C)C.CC(CCC(=O)CCC(C)(C)C)C(C)CCC(C)(C)C.CC(CCC(=O)CCC(C)(C)C)C(C)CCC(C)(C)C.CC(CCC(=O)CCC(C)(C)C)C(C)CCC(C)(C)C.CC(CCCCC(C)(C)C)C(C)COCC(C)(C)C.CC(CCCCCN(C)CC(C)(C)C)C(C)C(C)(C)C.COC(C(C)CCCCCN(C)CC(C)(C)C)C(C)(C)C. The van der Waals surface area contributed by atoms with E-state index in [1.807, 2.05) is 7.11 Å². The summed E-state index contributed by atoms with van der Waals surface area (Å²) in [7, 11) is 6.36. The van der Waals surface area contributed by atoms with E-state index in [9.17, 15) is 14.4 Å². The molecule has 0 aliphatic rings. The first-order valence-corrected chi connectivity index (χ1v) is 58.7. The molecule has 0 aliphatic heterocycles. The highest BCUT2D eigenvalue weighted by atomic mass is 16.5. The molecule has 0 radical (unpaired) electrons. The van der Waals surface area contributed by atoms with E-state index in [2.05, 4.69) is 405 Å². The summed E-state index contributed by atoms with van der Waals surface area (Å²) in [5.74, 6) is 9.29. The van der Waals surface area contributed by atoms with Crippen molar-refractivity contribution in [2.24, 2.45) is 141 Å². The molecule has 0 aliphatic carbocycles. The zero-order chi connectivity index (χ0) is 111. The van der Waals surface area contributed by atoms with Gasteiger partial charge in [0.25, 0.3) is 0 Å². The molecular formula is C131H272N2O6. The summed E-state index contributed by atoms with van der Waals surface area (Å²) in [5.41, 5.74) is 5.21. The number of hydrogen-bond acceptors (Lipinski definition) is 8. The topological polar surface area (TPSA) is 85.4 Å². The molecule has 0 aromatic heterocycles. The van der Waals surface area contributed by atoms with Crippen molar-refractivity contribution in [2.75, 3.05) is 67.2 Å². The van der Waals surface area contributed by atoms with Gasteiger partial charge in [-0.25, -0.2) is 0 Å². The van der Waals surface area contributed by atoms with Crippen molar-refractivity contribution in [2.45, 2.75) is 624 Å². The van der Waals surface area contributed by atoms with E-state index in [-0.39, 0.29) is 38.1 Å². The molecule has 0 aromatic rings. The van der Waals surface area contributed by atoms with Gasteiger partial charge in [-0.3, -0.25) is 14.4 Å². The molecule has 0 rings (SSSR count). The lowest BCUT2D eigenvalue weighted by atomic mass is 9.73. The van der Waals surface area contributed by atoms with E-state index in [4.69, 9.17) is 14.2 Å². The summed E-state index contributed by atoms with van der Waals surface area (Å²) >= 11 is 0. The third kappa shape index (κ3) is 115. The largest absolute Gasteiger partial charge is 0.381 e. The number of Topliss-reactive ketones (excluding diaryl/α,β-unsaturated/α-hetero) is 3.